The van der Waals surface area contributed by atoms with Gasteiger partial charge in [-0.05, 0) is 68.9 Å². The Balaban J connectivity index is 1.25. The van der Waals surface area contributed by atoms with Crippen LogP contribution in [0.2, 0.25) is 0 Å². The maximum atomic E-state index is 13.3. The van der Waals surface area contributed by atoms with Crippen molar-refractivity contribution in [2.24, 2.45) is 17.3 Å². The van der Waals surface area contributed by atoms with Crippen molar-refractivity contribution in [1.82, 2.24) is 25.1 Å². The Labute approximate surface area is 165 Å². The molecule has 0 saturated heterocycles. The van der Waals surface area contributed by atoms with E-state index in [0.29, 0.717) is 24.9 Å². The molecular formula is C21H28N6O. The maximum absolute atomic E-state index is 13.3. The van der Waals surface area contributed by atoms with Gasteiger partial charge in [-0.15, -0.1) is 0 Å². The van der Waals surface area contributed by atoms with Crippen LogP contribution >= 0.6 is 0 Å². The standard InChI is InChI=1S/C21H28N6O/c1-15-11-22-3-2-18(15)24-4-5-25-19(28)20-7-16-6-17(8-20)10-21(9-16,12-20)27-14-23-13-26-27/h2-3,11,13-14,16-17H,4-10,12H2,1H3,(H,22,24)(H,25,28). The molecule has 2 aromatic rings. The highest BCUT2D eigenvalue weighted by Gasteiger charge is 2.61. The van der Waals surface area contributed by atoms with Gasteiger partial charge in [0.25, 0.3) is 0 Å². The molecule has 2 unspecified atom stereocenters. The van der Waals surface area contributed by atoms with Crippen molar-refractivity contribution in [1.29, 1.82) is 0 Å². The monoisotopic (exact) mass is 380 g/mol. The molecule has 148 valence electrons. The molecule has 7 nitrogen and oxygen atoms in total. The Morgan fingerprint density at radius 3 is 2.75 bits per heavy atom. The van der Waals surface area contributed by atoms with Crippen molar-refractivity contribution >= 4 is 11.6 Å². The summed E-state index contributed by atoms with van der Waals surface area (Å²) < 4.78 is 2.06. The molecule has 0 aliphatic heterocycles. The number of rotatable bonds is 6. The van der Waals surface area contributed by atoms with E-state index >= 15 is 0 Å². The second-order valence-electron chi connectivity index (χ2n) is 9.18. The van der Waals surface area contributed by atoms with E-state index in [9.17, 15) is 4.79 Å². The summed E-state index contributed by atoms with van der Waals surface area (Å²) >= 11 is 0. The predicted octanol–water partition coefficient (Wildman–Crippen LogP) is 2.51. The zero-order valence-electron chi connectivity index (χ0n) is 16.4. The van der Waals surface area contributed by atoms with E-state index in [-0.39, 0.29) is 16.9 Å². The van der Waals surface area contributed by atoms with Crippen LogP contribution in [0.4, 0.5) is 5.69 Å². The first-order chi connectivity index (χ1) is 13.6. The zero-order chi connectivity index (χ0) is 19.2. The van der Waals surface area contributed by atoms with Crippen LogP contribution in [0.25, 0.3) is 0 Å². The van der Waals surface area contributed by atoms with E-state index in [4.69, 9.17) is 0 Å². The van der Waals surface area contributed by atoms with Gasteiger partial charge in [0.1, 0.15) is 12.7 Å². The molecule has 2 atom stereocenters. The van der Waals surface area contributed by atoms with Gasteiger partial charge in [-0.1, -0.05) is 0 Å². The summed E-state index contributed by atoms with van der Waals surface area (Å²) in [6, 6.07) is 1.97. The third-order valence-corrected chi connectivity index (χ3v) is 7.16. The number of carbonyl (C=O) groups excluding carboxylic acids is 1. The van der Waals surface area contributed by atoms with Crippen LogP contribution < -0.4 is 10.6 Å². The van der Waals surface area contributed by atoms with Gasteiger partial charge in [0.2, 0.25) is 5.91 Å². The molecule has 4 aliphatic rings. The third kappa shape index (κ3) is 2.88. The number of aromatic nitrogens is 4. The van der Waals surface area contributed by atoms with Gasteiger partial charge < -0.3 is 10.6 Å². The van der Waals surface area contributed by atoms with Crippen molar-refractivity contribution in [3.63, 3.8) is 0 Å². The summed E-state index contributed by atoms with van der Waals surface area (Å²) in [5.41, 5.74) is 1.95. The fourth-order valence-electron chi connectivity index (χ4n) is 6.43. The summed E-state index contributed by atoms with van der Waals surface area (Å²) in [5, 5.41) is 11.1. The quantitative estimate of drug-likeness (QED) is 0.752. The van der Waals surface area contributed by atoms with E-state index in [1.165, 1.54) is 6.42 Å². The van der Waals surface area contributed by atoms with E-state index in [1.807, 2.05) is 25.5 Å². The fraction of sp³-hybridized carbons (Fsp3) is 0.619. The Morgan fingerprint density at radius 2 is 2.04 bits per heavy atom. The smallest absolute Gasteiger partial charge is 0.226 e. The van der Waals surface area contributed by atoms with Crippen LogP contribution in [-0.4, -0.2) is 38.7 Å². The molecule has 4 bridgehead atoms. The number of amides is 1. The zero-order valence-corrected chi connectivity index (χ0v) is 16.4. The number of nitrogens with one attached hydrogen (secondary N) is 2. The average Bonchev–Trinajstić information content (AvgIpc) is 3.21. The van der Waals surface area contributed by atoms with Crippen molar-refractivity contribution in [2.75, 3.05) is 18.4 Å². The summed E-state index contributed by atoms with van der Waals surface area (Å²) in [6.07, 6.45) is 13.6. The van der Waals surface area contributed by atoms with E-state index in [0.717, 1.165) is 43.4 Å². The number of anilines is 1. The topological polar surface area (TPSA) is 84.7 Å². The number of nitrogens with zero attached hydrogens (tertiary/aromatic N) is 4. The van der Waals surface area contributed by atoms with Gasteiger partial charge in [-0.3, -0.25) is 9.78 Å². The lowest BCUT2D eigenvalue weighted by Crippen LogP contribution is -2.61. The number of hydrogen-bond acceptors (Lipinski definition) is 5. The van der Waals surface area contributed by atoms with Crippen LogP contribution in [0.1, 0.15) is 44.1 Å². The third-order valence-electron chi connectivity index (χ3n) is 7.16. The van der Waals surface area contributed by atoms with Crippen LogP contribution in [0.3, 0.4) is 0 Å². The second kappa shape index (κ2) is 6.57. The number of aryl methyl sites for hydroxylation is 1. The molecule has 4 saturated carbocycles. The highest BCUT2D eigenvalue weighted by molar-refractivity contribution is 5.83. The van der Waals surface area contributed by atoms with Crippen LogP contribution in [0.5, 0.6) is 0 Å². The van der Waals surface area contributed by atoms with Gasteiger partial charge in [-0.2, -0.15) is 5.10 Å². The average molecular weight is 380 g/mol. The molecule has 7 heteroatoms. The first kappa shape index (κ1) is 17.6. The number of pyridine rings is 1. The van der Waals surface area contributed by atoms with Gasteiger partial charge in [0.15, 0.2) is 0 Å². The lowest BCUT2D eigenvalue weighted by Gasteiger charge is -2.60. The summed E-state index contributed by atoms with van der Waals surface area (Å²) in [7, 11) is 0. The van der Waals surface area contributed by atoms with Crippen LogP contribution in [-0.2, 0) is 10.3 Å². The lowest BCUT2D eigenvalue weighted by atomic mass is 9.46. The molecule has 0 radical (unpaired) electrons. The minimum absolute atomic E-state index is 0.00960. The minimum atomic E-state index is -0.234. The summed E-state index contributed by atoms with van der Waals surface area (Å²) in [4.78, 5) is 21.6. The van der Waals surface area contributed by atoms with Gasteiger partial charge in [-0.25, -0.2) is 9.67 Å². The molecule has 2 heterocycles. The maximum Gasteiger partial charge on any atom is 0.226 e. The molecule has 0 spiro atoms. The molecule has 4 aliphatic carbocycles. The summed E-state index contributed by atoms with van der Waals surface area (Å²) in [6.45, 7) is 3.38. The number of carbonyl (C=O) groups is 1. The largest absolute Gasteiger partial charge is 0.383 e. The Hall–Kier alpha value is -2.44. The molecule has 1 amide bonds. The highest BCUT2D eigenvalue weighted by atomic mass is 16.2. The van der Waals surface area contributed by atoms with Gasteiger partial charge in [0.05, 0.1) is 11.0 Å². The first-order valence-corrected chi connectivity index (χ1v) is 10.4. The van der Waals surface area contributed by atoms with Gasteiger partial charge >= 0.3 is 0 Å². The minimum Gasteiger partial charge on any atom is -0.383 e. The fourth-order valence-corrected chi connectivity index (χ4v) is 6.43. The highest BCUT2D eigenvalue weighted by Crippen LogP contribution is 2.64. The molecule has 28 heavy (non-hydrogen) atoms. The predicted molar refractivity (Wildman–Crippen MR) is 106 cm³/mol. The Kier molecular flexibility index (Phi) is 4.14. The molecule has 0 aromatic carbocycles. The van der Waals surface area contributed by atoms with Crippen LogP contribution in [0, 0.1) is 24.2 Å². The van der Waals surface area contributed by atoms with Crippen molar-refractivity contribution in [3.8, 4) is 0 Å². The lowest BCUT2D eigenvalue weighted by molar-refractivity contribution is -0.155. The Bertz CT molecular complexity index is 850. The van der Waals surface area contributed by atoms with E-state index < -0.39 is 0 Å². The second-order valence-corrected chi connectivity index (χ2v) is 9.18. The molecular weight excluding hydrogens is 352 g/mol. The molecule has 2 N–H and O–H groups in total. The van der Waals surface area contributed by atoms with Crippen molar-refractivity contribution < 1.29 is 4.79 Å². The Morgan fingerprint density at radius 1 is 1.21 bits per heavy atom. The first-order valence-electron chi connectivity index (χ1n) is 10.4. The molecule has 6 rings (SSSR count). The van der Waals surface area contributed by atoms with E-state index in [1.54, 1.807) is 12.5 Å². The van der Waals surface area contributed by atoms with Crippen LogP contribution in [0.15, 0.2) is 31.1 Å². The molecule has 2 aromatic heterocycles. The normalized spacial score (nSPS) is 33.0. The van der Waals surface area contributed by atoms with Crippen molar-refractivity contribution in [3.05, 3.63) is 36.7 Å². The van der Waals surface area contributed by atoms with Crippen molar-refractivity contribution in [2.45, 2.75) is 51.0 Å². The molecule has 4 fully saturated rings. The SMILES string of the molecule is Cc1cnccc1NCCNC(=O)C12CC3CC(C1)CC(n1cncn1)(C3)C2. The van der Waals surface area contributed by atoms with E-state index in [2.05, 4.69) is 30.4 Å². The number of hydrogen-bond donors (Lipinski definition) is 2. The van der Waals surface area contributed by atoms with Gasteiger partial charge in [0, 0.05) is 31.2 Å². The summed E-state index contributed by atoms with van der Waals surface area (Å²) in [5.74, 6) is 1.50.